The molecule has 2 rings (SSSR count). The van der Waals surface area contributed by atoms with Crippen LogP contribution in [0.5, 0.6) is 0 Å². The zero-order valence-electron chi connectivity index (χ0n) is 8.97. The van der Waals surface area contributed by atoms with Crippen LogP contribution in [0.25, 0.3) is 0 Å². The van der Waals surface area contributed by atoms with Crippen LogP contribution in [-0.2, 0) is 0 Å². The van der Waals surface area contributed by atoms with Gasteiger partial charge in [0.1, 0.15) is 0 Å². The molecule has 16 heavy (non-hydrogen) atoms. The Labute approximate surface area is 94.1 Å². The van der Waals surface area contributed by atoms with Crippen LogP contribution < -0.4 is 5.32 Å². The highest BCUT2D eigenvalue weighted by Crippen LogP contribution is 2.27. The Morgan fingerprint density at radius 3 is 2.56 bits per heavy atom. The van der Waals surface area contributed by atoms with Crippen molar-refractivity contribution in [3.05, 3.63) is 24.4 Å². The van der Waals surface area contributed by atoms with E-state index in [0.717, 1.165) is 0 Å². The number of allylic oxidation sites excluding steroid dienone is 2. The quantitative estimate of drug-likeness (QED) is 0.607. The molecule has 5 nitrogen and oxygen atoms in total. The van der Waals surface area contributed by atoms with Crippen molar-refractivity contribution in [1.29, 1.82) is 0 Å². The van der Waals surface area contributed by atoms with Gasteiger partial charge in [0.15, 0.2) is 0 Å². The maximum absolute atomic E-state index is 10.7. The van der Waals surface area contributed by atoms with E-state index >= 15 is 0 Å². The first-order valence-electron chi connectivity index (χ1n) is 5.41. The van der Waals surface area contributed by atoms with E-state index in [1.54, 1.807) is 6.20 Å². The molecule has 88 valence electrons. The third-order valence-corrected chi connectivity index (χ3v) is 3.27. The summed E-state index contributed by atoms with van der Waals surface area (Å²) in [5, 5.41) is 22.3. The summed E-state index contributed by atoms with van der Waals surface area (Å²) in [4.78, 5) is 12.1. The summed E-state index contributed by atoms with van der Waals surface area (Å²) < 4.78 is 0. The lowest BCUT2D eigenvalue weighted by atomic mass is 9.83. The number of dihydropyridines is 1. The second-order valence-electron chi connectivity index (χ2n) is 4.26. The number of carbonyl (C=O) groups is 1. The van der Waals surface area contributed by atoms with Crippen LogP contribution in [0, 0.1) is 0 Å². The van der Waals surface area contributed by atoms with Crippen molar-refractivity contribution in [2.24, 2.45) is 0 Å². The molecule has 0 aliphatic carbocycles. The van der Waals surface area contributed by atoms with Gasteiger partial charge in [0.25, 0.3) is 0 Å². The lowest BCUT2D eigenvalue weighted by Crippen LogP contribution is -2.55. The molecule has 3 N–H and O–H groups in total. The molecule has 0 bridgehead atoms. The van der Waals surface area contributed by atoms with Gasteiger partial charge in [-0.2, -0.15) is 0 Å². The molecule has 0 aromatic rings. The van der Waals surface area contributed by atoms with Gasteiger partial charge >= 0.3 is 6.09 Å². The molecule has 0 spiro atoms. The van der Waals surface area contributed by atoms with Crippen molar-refractivity contribution in [3.63, 3.8) is 0 Å². The third kappa shape index (κ3) is 2.04. The van der Waals surface area contributed by atoms with Gasteiger partial charge in [0.2, 0.25) is 0 Å². The van der Waals surface area contributed by atoms with Crippen molar-refractivity contribution >= 4 is 6.09 Å². The van der Waals surface area contributed by atoms with E-state index in [0.29, 0.717) is 25.9 Å². The number of rotatable bonds is 1. The number of hydrogen-bond donors (Lipinski definition) is 3. The normalized spacial score (nSPS) is 27.6. The number of nitrogens with one attached hydrogen (secondary N) is 1. The summed E-state index contributed by atoms with van der Waals surface area (Å²) in [5.74, 6) is 0. The third-order valence-electron chi connectivity index (χ3n) is 3.27. The Bertz CT molecular complexity index is 330. The highest BCUT2D eigenvalue weighted by atomic mass is 16.4. The molecule has 0 radical (unpaired) electrons. The van der Waals surface area contributed by atoms with E-state index in [1.165, 1.54) is 4.90 Å². The molecule has 0 aromatic carbocycles. The number of nitrogens with zero attached hydrogens (tertiary/aromatic N) is 1. The van der Waals surface area contributed by atoms with Crippen LogP contribution in [0.15, 0.2) is 24.4 Å². The van der Waals surface area contributed by atoms with Crippen molar-refractivity contribution in [3.8, 4) is 0 Å². The van der Waals surface area contributed by atoms with E-state index in [4.69, 9.17) is 5.11 Å². The average Bonchev–Trinajstić information content (AvgIpc) is 2.31. The Hall–Kier alpha value is -1.49. The molecule has 2 aliphatic rings. The van der Waals surface area contributed by atoms with Gasteiger partial charge in [0.05, 0.1) is 11.6 Å². The van der Waals surface area contributed by atoms with Gasteiger partial charge in [-0.25, -0.2) is 4.79 Å². The second-order valence-corrected chi connectivity index (χ2v) is 4.26. The highest BCUT2D eigenvalue weighted by molar-refractivity contribution is 5.65. The summed E-state index contributed by atoms with van der Waals surface area (Å²) in [5.41, 5.74) is -0.840. The van der Waals surface area contributed by atoms with Crippen molar-refractivity contribution in [1.82, 2.24) is 10.2 Å². The Kier molecular flexibility index (Phi) is 2.87. The molecule has 1 atom stereocenters. The maximum Gasteiger partial charge on any atom is 0.407 e. The predicted molar refractivity (Wildman–Crippen MR) is 59.0 cm³/mol. The smallest absolute Gasteiger partial charge is 0.407 e. The minimum absolute atomic E-state index is 0.117. The monoisotopic (exact) mass is 224 g/mol. The zero-order valence-corrected chi connectivity index (χ0v) is 8.97. The topological polar surface area (TPSA) is 72.8 Å². The first kappa shape index (κ1) is 11.0. The van der Waals surface area contributed by atoms with Crippen LogP contribution in [0.4, 0.5) is 4.79 Å². The first-order valence-corrected chi connectivity index (χ1v) is 5.41. The average molecular weight is 224 g/mol. The number of hydrogen-bond acceptors (Lipinski definition) is 3. The highest BCUT2D eigenvalue weighted by Gasteiger charge is 2.39. The molecular formula is C11H16N2O3. The molecule has 1 saturated heterocycles. The largest absolute Gasteiger partial charge is 0.465 e. The Morgan fingerprint density at radius 2 is 2.06 bits per heavy atom. The van der Waals surface area contributed by atoms with Gasteiger partial charge in [0, 0.05) is 13.1 Å². The Morgan fingerprint density at radius 1 is 1.38 bits per heavy atom. The number of piperidine rings is 1. The molecule has 0 aromatic heterocycles. The summed E-state index contributed by atoms with van der Waals surface area (Å²) in [6.45, 7) is 0.781. The van der Waals surface area contributed by atoms with Crippen LogP contribution in [0.3, 0.4) is 0 Å². The van der Waals surface area contributed by atoms with Gasteiger partial charge < -0.3 is 20.4 Å². The number of likely N-dealkylation sites (tertiary alicyclic amines) is 1. The van der Waals surface area contributed by atoms with E-state index in [9.17, 15) is 9.90 Å². The first-order chi connectivity index (χ1) is 7.62. The van der Waals surface area contributed by atoms with Crippen molar-refractivity contribution in [2.45, 2.75) is 24.5 Å². The molecule has 0 saturated carbocycles. The van der Waals surface area contributed by atoms with Gasteiger partial charge in [-0.05, 0) is 25.1 Å². The summed E-state index contributed by atoms with van der Waals surface area (Å²) in [7, 11) is 0. The fourth-order valence-electron chi connectivity index (χ4n) is 2.18. The molecule has 1 unspecified atom stereocenters. The maximum atomic E-state index is 10.7. The predicted octanol–water partition coefficient (Wildman–Crippen LogP) is 0.533. The fourth-order valence-corrected chi connectivity index (χ4v) is 2.18. The lowest BCUT2D eigenvalue weighted by Gasteiger charge is -2.41. The number of amides is 1. The van der Waals surface area contributed by atoms with Gasteiger partial charge in [-0.15, -0.1) is 0 Å². The SMILES string of the molecule is O=C(O)N1CCC(O)(C2C=CC=CN2)CC1. The van der Waals surface area contributed by atoms with Crippen molar-refractivity contribution in [2.75, 3.05) is 13.1 Å². The van der Waals surface area contributed by atoms with Crippen LogP contribution in [0.1, 0.15) is 12.8 Å². The molecule has 1 fully saturated rings. The molecule has 2 aliphatic heterocycles. The van der Waals surface area contributed by atoms with E-state index in [2.05, 4.69) is 5.32 Å². The molecule has 2 heterocycles. The summed E-state index contributed by atoms with van der Waals surface area (Å²) >= 11 is 0. The lowest BCUT2D eigenvalue weighted by molar-refractivity contribution is -0.0316. The molecule has 1 amide bonds. The van der Waals surface area contributed by atoms with E-state index in [1.807, 2.05) is 18.2 Å². The fraction of sp³-hybridized carbons (Fsp3) is 0.545. The summed E-state index contributed by atoms with van der Waals surface area (Å²) in [6, 6.07) is -0.117. The summed E-state index contributed by atoms with van der Waals surface area (Å²) in [6.07, 6.45) is 7.50. The van der Waals surface area contributed by atoms with Gasteiger partial charge in [-0.3, -0.25) is 0 Å². The van der Waals surface area contributed by atoms with Gasteiger partial charge in [-0.1, -0.05) is 12.2 Å². The van der Waals surface area contributed by atoms with E-state index < -0.39 is 11.7 Å². The number of carboxylic acid groups (broad SMARTS) is 1. The standard InChI is InChI=1S/C11H16N2O3/c14-10(15)13-7-4-11(16,5-8-13)9-3-1-2-6-12-9/h1-3,6,9,12,16H,4-5,7-8H2,(H,14,15). The van der Waals surface area contributed by atoms with Crippen LogP contribution in [0.2, 0.25) is 0 Å². The Balaban J connectivity index is 1.98. The molecular weight excluding hydrogens is 208 g/mol. The van der Waals surface area contributed by atoms with Crippen molar-refractivity contribution < 1.29 is 15.0 Å². The van der Waals surface area contributed by atoms with Crippen LogP contribution >= 0.6 is 0 Å². The number of aliphatic hydroxyl groups is 1. The van der Waals surface area contributed by atoms with E-state index in [-0.39, 0.29) is 6.04 Å². The minimum Gasteiger partial charge on any atom is -0.465 e. The zero-order chi connectivity index (χ0) is 11.6. The second kappa shape index (κ2) is 4.17. The van der Waals surface area contributed by atoms with Crippen LogP contribution in [-0.4, -0.2) is 45.9 Å². The minimum atomic E-state index is -0.908. The molecule has 5 heteroatoms.